The molecule has 0 amide bonds. The molecule has 2 N–H and O–H groups in total. The number of nitrogens with zero attached hydrogens (tertiary/aromatic N) is 2. The molecule has 1 atom stereocenters. The molecule has 2 aromatic rings. The molecule has 0 radical (unpaired) electrons. The van der Waals surface area contributed by atoms with Crippen molar-refractivity contribution in [3.05, 3.63) is 47.3 Å². The summed E-state index contributed by atoms with van der Waals surface area (Å²) in [5.41, 5.74) is 1.10. The Morgan fingerprint density at radius 2 is 2.00 bits per heavy atom. The summed E-state index contributed by atoms with van der Waals surface area (Å²) >= 11 is 0. The smallest absolute Gasteiger partial charge is 0.385 e. The third-order valence-electron chi connectivity index (χ3n) is 5.33. The minimum atomic E-state index is -4.52. The van der Waals surface area contributed by atoms with Crippen LogP contribution in [-0.2, 0) is 10.9 Å². The van der Waals surface area contributed by atoms with E-state index in [1.807, 2.05) is 0 Å². The van der Waals surface area contributed by atoms with Gasteiger partial charge < -0.3 is 20.3 Å². The summed E-state index contributed by atoms with van der Waals surface area (Å²) in [6, 6.07) is 6.57. The van der Waals surface area contributed by atoms with Crippen LogP contribution in [0.15, 0.2) is 35.3 Å². The first-order valence-corrected chi connectivity index (χ1v) is 9.69. The van der Waals surface area contributed by atoms with Crippen molar-refractivity contribution in [1.29, 1.82) is 0 Å². The van der Waals surface area contributed by atoms with Crippen molar-refractivity contribution in [3.8, 4) is 0 Å². The van der Waals surface area contributed by atoms with E-state index in [-0.39, 0.29) is 11.7 Å². The lowest BCUT2D eigenvalue weighted by atomic mass is 10.0. The Labute approximate surface area is 171 Å². The molecular weight excluding hydrogens is 400 g/mol. The predicted molar refractivity (Wildman–Crippen MR) is 109 cm³/mol. The van der Waals surface area contributed by atoms with Gasteiger partial charge >= 0.3 is 6.18 Å². The summed E-state index contributed by atoms with van der Waals surface area (Å²) in [7, 11) is 1.60. The molecule has 2 heterocycles. The van der Waals surface area contributed by atoms with E-state index in [9.17, 15) is 17.6 Å². The second-order valence-electron chi connectivity index (χ2n) is 7.34. The van der Waals surface area contributed by atoms with Crippen LogP contribution < -0.4 is 15.5 Å². The highest BCUT2D eigenvalue weighted by Gasteiger charge is 2.38. The summed E-state index contributed by atoms with van der Waals surface area (Å²) in [6.07, 6.45) is -2.43. The number of halogens is 4. The summed E-state index contributed by atoms with van der Waals surface area (Å²) in [5, 5.41) is 6.44. The lowest BCUT2D eigenvalue weighted by Crippen LogP contribution is -2.51. The second-order valence-corrected chi connectivity index (χ2v) is 7.34. The number of rotatable bonds is 4. The topological polar surface area (TPSA) is 48.9 Å². The Kier molecular flexibility index (Phi) is 5.66. The predicted octanol–water partition coefficient (Wildman–Crippen LogP) is 4.47. The quantitative estimate of drug-likeness (QED) is 0.610. The standard InChI is InChI=1S/C21H22F4N4O/c1-30-9-6-14-12-29(8-7-26-14)20-15-11-27-19-10-13(22)2-4-18(19)28-17(15)5-3-16(20)21(23,24)25/h2-5,10-11,14,26,28H,6-9,12H2,1H3/t14-/m0/s1. The molecule has 0 saturated carbocycles. The van der Waals surface area contributed by atoms with E-state index in [1.165, 1.54) is 30.5 Å². The van der Waals surface area contributed by atoms with E-state index < -0.39 is 17.6 Å². The van der Waals surface area contributed by atoms with Gasteiger partial charge in [0.2, 0.25) is 0 Å². The van der Waals surface area contributed by atoms with E-state index >= 15 is 0 Å². The zero-order valence-electron chi connectivity index (χ0n) is 16.4. The Morgan fingerprint density at radius 3 is 2.77 bits per heavy atom. The maximum atomic E-state index is 13.9. The average Bonchev–Trinajstić information content (AvgIpc) is 2.90. The molecule has 30 heavy (non-hydrogen) atoms. The van der Waals surface area contributed by atoms with E-state index in [0.29, 0.717) is 55.3 Å². The first-order valence-electron chi connectivity index (χ1n) is 9.69. The molecule has 1 saturated heterocycles. The van der Waals surface area contributed by atoms with Gasteiger partial charge in [-0.2, -0.15) is 13.2 Å². The number of anilines is 3. The van der Waals surface area contributed by atoms with Crippen LogP contribution in [0.1, 0.15) is 17.5 Å². The molecular formula is C21H22F4N4O. The average molecular weight is 422 g/mol. The first kappa shape index (κ1) is 20.6. The third-order valence-corrected chi connectivity index (χ3v) is 5.33. The number of hydrogen-bond acceptors (Lipinski definition) is 5. The fourth-order valence-electron chi connectivity index (χ4n) is 3.90. The minimum Gasteiger partial charge on any atom is -0.385 e. The minimum absolute atomic E-state index is 0.0117. The molecule has 4 rings (SSSR count). The van der Waals surface area contributed by atoms with E-state index in [1.54, 1.807) is 12.0 Å². The summed E-state index contributed by atoms with van der Waals surface area (Å²) < 4.78 is 60.5. The zero-order valence-corrected chi connectivity index (χ0v) is 16.4. The Morgan fingerprint density at radius 1 is 1.20 bits per heavy atom. The molecule has 0 unspecified atom stereocenters. The van der Waals surface area contributed by atoms with Crippen molar-refractivity contribution in [3.63, 3.8) is 0 Å². The number of piperazine rings is 1. The lowest BCUT2D eigenvalue weighted by Gasteiger charge is -2.37. The van der Waals surface area contributed by atoms with Crippen molar-refractivity contribution in [2.45, 2.75) is 18.6 Å². The molecule has 5 nitrogen and oxygen atoms in total. The zero-order chi connectivity index (χ0) is 21.3. The van der Waals surface area contributed by atoms with Crippen LogP contribution in [0.3, 0.4) is 0 Å². The maximum Gasteiger partial charge on any atom is 0.418 e. The number of ether oxygens (including phenoxy) is 1. The van der Waals surface area contributed by atoms with Crippen LogP contribution in [0.2, 0.25) is 0 Å². The van der Waals surface area contributed by atoms with Crippen LogP contribution in [0, 0.1) is 5.82 Å². The number of hydrogen-bond donors (Lipinski definition) is 2. The van der Waals surface area contributed by atoms with Gasteiger partial charge in [0.15, 0.2) is 0 Å². The van der Waals surface area contributed by atoms with Gasteiger partial charge in [0.25, 0.3) is 0 Å². The molecule has 0 bridgehead atoms. The normalized spacial score (nSPS) is 18.4. The monoisotopic (exact) mass is 422 g/mol. The summed E-state index contributed by atoms with van der Waals surface area (Å²) in [5.74, 6) is -0.460. The largest absolute Gasteiger partial charge is 0.418 e. The molecule has 2 aromatic carbocycles. The van der Waals surface area contributed by atoms with Gasteiger partial charge in [-0.1, -0.05) is 0 Å². The van der Waals surface area contributed by atoms with Gasteiger partial charge in [-0.15, -0.1) is 0 Å². The molecule has 0 aliphatic carbocycles. The number of methoxy groups -OCH3 is 1. The number of fused-ring (bicyclic) bond motifs is 2. The number of alkyl halides is 3. The number of benzene rings is 2. The van der Waals surface area contributed by atoms with Gasteiger partial charge in [-0.05, 0) is 30.7 Å². The van der Waals surface area contributed by atoms with Gasteiger partial charge in [-0.3, -0.25) is 4.99 Å². The summed E-state index contributed by atoms with van der Waals surface area (Å²) in [4.78, 5) is 6.03. The molecule has 1 fully saturated rings. The maximum absolute atomic E-state index is 13.9. The van der Waals surface area contributed by atoms with Crippen molar-refractivity contribution < 1.29 is 22.3 Å². The van der Waals surface area contributed by atoms with Crippen molar-refractivity contribution in [2.75, 3.05) is 43.6 Å². The van der Waals surface area contributed by atoms with Gasteiger partial charge in [0.05, 0.1) is 22.6 Å². The molecule has 0 spiro atoms. The van der Waals surface area contributed by atoms with Gasteiger partial charge in [0, 0.05) is 62.9 Å². The molecule has 160 valence electrons. The van der Waals surface area contributed by atoms with Crippen LogP contribution in [0.5, 0.6) is 0 Å². The number of nitrogens with one attached hydrogen (secondary N) is 2. The van der Waals surface area contributed by atoms with Crippen LogP contribution in [0.4, 0.5) is 40.3 Å². The summed E-state index contributed by atoms with van der Waals surface area (Å²) in [6.45, 7) is 1.93. The van der Waals surface area contributed by atoms with Crippen LogP contribution in [0.25, 0.3) is 0 Å². The molecule has 2 aliphatic rings. The molecule has 0 aromatic heterocycles. The fourth-order valence-corrected chi connectivity index (χ4v) is 3.90. The fraction of sp³-hybridized carbons (Fsp3) is 0.381. The third kappa shape index (κ3) is 4.13. The van der Waals surface area contributed by atoms with Crippen molar-refractivity contribution in [2.24, 2.45) is 4.99 Å². The lowest BCUT2D eigenvalue weighted by molar-refractivity contribution is -0.137. The molecule has 9 heteroatoms. The van der Waals surface area contributed by atoms with Crippen LogP contribution in [-0.4, -0.2) is 45.6 Å². The highest BCUT2D eigenvalue weighted by Crippen LogP contribution is 2.43. The Hall–Kier alpha value is -2.65. The van der Waals surface area contributed by atoms with E-state index in [0.717, 1.165) is 6.07 Å². The second kappa shape index (κ2) is 8.23. The highest BCUT2D eigenvalue weighted by atomic mass is 19.4. The number of aliphatic imine (C=N–C) groups is 1. The molecule has 2 aliphatic heterocycles. The van der Waals surface area contributed by atoms with Crippen LogP contribution >= 0.6 is 0 Å². The Balaban J connectivity index is 1.79. The van der Waals surface area contributed by atoms with Gasteiger partial charge in [0.1, 0.15) is 5.82 Å². The van der Waals surface area contributed by atoms with Gasteiger partial charge in [-0.25, -0.2) is 4.39 Å². The van der Waals surface area contributed by atoms with E-state index in [2.05, 4.69) is 15.6 Å². The highest BCUT2D eigenvalue weighted by molar-refractivity contribution is 6.01. The van der Waals surface area contributed by atoms with Crippen molar-refractivity contribution in [1.82, 2.24) is 5.32 Å². The SMILES string of the molecule is COCC[C@H]1CN(c2c(C(F)(F)F)ccc3c2C=Nc2cc(F)ccc2N3)CCN1. The van der Waals surface area contributed by atoms with E-state index in [4.69, 9.17) is 4.74 Å². The Bertz CT molecular complexity index is 961. The van der Waals surface area contributed by atoms with Crippen molar-refractivity contribution >= 4 is 29.0 Å². The first-order chi connectivity index (χ1) is 14.4.